The minimum absolute atomic E-state index is 0.180. The van der Waals surface area contributed by atoms with Gasteiger partial charge in [0.15, 0.2) is 0 Å². The van der Waals surface area contributed by atoms with E-state index in [1.165, 1.54) is 4.90 Å². The summed E-state index contributed by atoms with van der Waals surface area (Å²) in [6, 6.07) is 9.56. The first-order valence-electron chi connectivity index (χ1n) is 6.44. The molecular weight excluding hydrogens is 240 g/mol. The van der Waals surface area contributed by atoms with Gasteiger partial charge in [-0.05, 0) is 33.3 Å². The number of nitrogens with zero attached hydrogens (tertiary/aromatic N) is 1. The van der Waals surface area contributed by atoms with Crippen LogP contribution in [0.2, 0.25) is 0 Å². The van der Waals surface area contributed by atoms with E-state index >= 15 is 0 Å². The summed E-state index contributed by atoms with van der Waals surface area (Å²) in [4.78, 5) is 26.1. The third-order valence-corrected chi connectivity index (χ3v) is 3.37. The summed E-state index contributed by atoms with van der Waals surface area (Å²) in [7, 11) is 0. The molecule has 0 atom stereocenters. The van der Waals surface area contributed by atoms with Crippen molar-refractivity contribution in [2.24, 2.45) is 0 Å². The van der Waals surface area contributed by atoms with Gasteiger partial charge in [0, 0.05) is 0 Å². The minimum atomic E-state index is -0.730. The number of hydrogen-bond acceptors (Lipinski definition) is 3. The molecule has 1 aromatic rings. The fourth-order valence-electron chi connectivity index (χ4n) is 2.56. The molecule has 2 amide bonds. The highest BCUT2D eigenvalue weighted by Gasteiger charge is 2.49. The van der Waals surface area contributed by atoms with Crippen molar-refractivity contribution in [2.45, 2.75) is 45.3 Å². The van der Waals surface area contributed by atoms with Gasteiger partial charge in [0.05, 0.1) is 17.6 Å². The Morgan fingerprint density at radius 1 is 0.947 bits per heavy atom. The van der Waals surface area contributed by atoms with Crippen LogP contribution in [0.15, 0.2) is 30.3 Å². The molecule has 0 bridgehead atoms. The maximum absolute atomic E-state index is 12.4. The smallest absolute Gasteiger partial charge is 0.249 e. The number of benzene rings is 1. The zero-order valence-electron chi connectivity index (χ0n) is 11.9. The van der Waals surface area contributed by atoms with E-state index in [-0.39, 0.29) is 11.8 Å². The number of carbonyl (C=O) groups excluding carboxylic acids is 2. The zero-order chi connectivity index (χ0) is 14.3. The van der Waals surface area contributed by atoms with Gasteiger partial charge in [-0.25, -0.2) is 0 Å². The normalized spacial score (nSPS) is 21.6. The third kappa shape index (κ3) is 2.54. The quantitative estimate of drug-likeness (QED) is 0.823. The molecule has 1 saturated heterocycles. The fourth-order valence-corrected chi connectivity index (χ4v) is 2.56. The predicted molar refractivity (Wildman–Crippen MR) is 73.3 cm³/mol. The molecule has 0 spiro atoms. The Bertz CT molecular complexity index is 480. The Labute approximate surface area is 113 Å². The first-order chi connectivity index (χ1) is 8.74. The summed E-state index contributed by atoms with van der Waals surface area (Å²) in [5.41, 5.74) is -0.504. The lowest BCUT2D eigenvalue weighted by atomic mass is 9.89. The number of carbonyl (C=O) groups is 2. The Kier molecular flexibility index (Phi) is 3.22. The van der Waals surface area contributed by atoms with Gasteiger partial charge in [-0.1, -0.05) is 30.3 Å². The van der Waals surface area contributed by atoms with E-state index in [1.807, 2.05) is 58.0 Å². The van der Waals surface area contributed by atoms with E-state index in [2.05, 4.69) is 5.32 Å². The maximum Gasteiger partial charge on any atom is 0.249 e. The molecule has 0 aliphatic carbocycles. The SMILES string of the molecule is CC1(C)NC(C)(C)C(=O)N(Cc2ccccc2)C1=O. The molecule has 0 unspecified atom stereocenters. The second-order valence-electron chi connectivity index (χ2n) is 6.06. The van der Waals surface area contributed by atoms with E-state index in [0.29, 0.717) is 6.54 Å². The van der Waals surface area contributed by atoms with Gasteiger partial charge in [-0.15, -0.1) is 0 Å². The van der Waals surface area contributed by atoms with Crippen molar-refractivity contribution in [2.75, 3.05) is 0 Å². The van der Waals surface area contributed by atoms with E-state index in [1.54, 1.807) is 0 Å². The number of hydrogen-bond donors (Lipinski definition) is 1. The van der Waals surface area contributed by atoms with Crippen LogP contribution in [0.5, 0.6) is 0 Å². The van der Waals surface area contributed by atoms with Crippen molar-refractivity contribution in [3.05, 3.63) is 35.9 Å². The average Bonchev–Trinajstić information content (AvgIpc) is 2.33. The second-order valence-corrected chi connectivity index (χ2v) is 6.06. The summed E-state index contributed by atoms with van der Waals surface area (Å²) >= 11 is 0. The van der Waals surface area contributed by atoms with Gasteiger partial charge in [-0.2, -0.15) is 0 Å². The largest absolute Gasteiger partial charge is 0.290 e. The molecule has 1 aliphatic rings. The molecule has 4 nitrogen and oxygen atoms in total. The van der Waals surface area contributed by atoms with Gasteiger partial charge in [0.25, 0.3) is 0 Å². The number of imide groups is 1. The molecule has 0 radical (unpaired) electrons. The topological polar surface area (TPSA) is 49.4 Å². The monoisotopic (exact) mass is 260 g/mol. The highest BCUT2D eigenvalue weighted by molar-refractivity contribution is 6.06. The van der Waals surface area contributed by atoms with E-state index in [9.17, 15) is 9.59 Å². The summed E-state index contributed by atoms with van der Waals surface area (Å²) in [5, 5.41) is 3.11. The second kappa shape index (κ2) is 4.46. The molecule has 1 N–H and O–H groups in total. The third-order valence-electron chi connectivity index (χ3n) is 3.37. The molecule has 1 fully saturated rings. The first kappa shape index (κ1) is 13.7. The van der Waals surface area contributed by atoms with Crippen molar-refractivity contribution >= 4 is 11.8 Å². The van der Waals surface area contributed by atoms with Gasteiger partial charge in [-0.3, -0.25) is 19.8 Å². The highest BCUT2D eigenvalue weighted by atomic mass is 16.2. The molecule has 1 heterocycles. The predicted octanol–water partition coefficient (Wildman–Crippen LogP) is 1.70. The number of piperazine rings is 1. The Morgan fingerprint density at radius 2 is 1.42 bits per heavy atom. The summed E-state index contributed by atoms with van der Waals surface area (Å²) in [6.07, 6.45) is 0. The Hall–Kier alpha value is -1.68. The molecule has 1 aromatic carbocycles. The van der Waals surface area contributed by atoms with Crippen molar-refractivity contribution in [3.63, 3.8) is 0 Å². The number of rotatable bonds is 2. The van der Waals surface area contributed by atoms with E-state index in [4.69, 9.17) is 0 Å². The number of nitrogens with one attached hydrogen (secondary N) is 1. The Balaban J connectivity index is 2.31. The maximum atomic E-state index is 12.4. The summed E-state index contributed by atoms with van der Waals surface area (Å²) in [6.45, 7) is 7.55. The lowest BCUT2D eigenvalue weighted by molar-refractivity contribution is -0.160. The molecule has 0 aromatic heterocycles. The van der Waals surface area contributed by atoms with Crippen LogP contribution in [-0.4, -0.2) is 27.8 Å². The van der Waals surface area contributed by atoms with Gasteiger partial charge < -0.3 is 0 Å². The molecule has 1 aliphatic heterocycles. The Morgan fingerprint density at radius 3 is 1.89 bits per heavy atom. The zero-order valence-corrected chi connectivity index (χ0v) is 11.9. The van der Waals surface area contributed by atoms with E-state index in [0.717, 1.165) is 5.56 Å². The molecule has 19 heavy (non-hydrogen) atoms. The van der Waals surface area contributed by atoms with Crippen LogP contribution in [0.4, 0.5) is 0 Å². The summed E-state index contributed by atoms with van der Waals surface area (Å²) in [5.74, 6) is -0.360. The van der Waals surface area contributed by atoms with Crippen LogP contribution in [-0.2, 0) is 16.1 Å². The van der Waals surface area contributed by atoms with Crippen LogP contribution in [0.1, 0.15) is 33.3 Å². The first-order valence-corrected chi connectivity index (χ1v) is 6.44. The van der Waals surface area contributed by atoms with Crippen molar-refractivity contribution in [3.8, 4) is 0 Å². The average molecular weight is 260 g/mol. The van der Waals surface area contributed by atoms with Crippen LogP contribution in [0.3, 0.4) is 0 Å². The number of amides is 2. The molecule has 102 valence electrons. The van der Waals surface area contributed by atoms with Gasteiger partial charge >= 0.3 is 0 Å². The molecule has 0 saturated carbocycles. The lowest BCUT2D eigenvalue weighted by Gasteiger charge is -2.45. The standard InChI is InChI=1S/C15H20N2O2/c1-14(2)12(18)17(13(19)15(3,4)16-14)10-11-8-6-5-7-9-11/h5-9,16H,10H2,1-4H3. The van der Waals surface area contributed by atoms with Crippen LogP contribution < -0.4 is 5.32 Å². The van der Waals surface area contributed by atoms with Crippen molar-refractivity contribution in [1.29, 1.82) is 0 Å². The van der Waals surface area contributed by atoms with Crippen LogP contribution in [0.25, 0.3) is 0 Å². The fraction of sp³-hybridized carbons (Fsp3) is 0.467. The van der Waals surface area contributed by atoms with Crippen LogP contribution in [0, 0.1) is 0 Å². The molecular formula is C15H20N2O2. The van der Waals surface area contributed by atoms with Gasteiger partial charge in [0.2, 0.25) is 11.8 Å². The molecule has 2 rings (SSSR count). The van der Waals surface area contributed by atoms with Gasteiger partial charge in [0.1, 0.15) is 0 Å². The lowest BCUT2D eigenvalue weighted by Crippen LogP contribution is -2.72. The summed E-state index contributed by atoms with van der Waals surface area (Å²) < 4.78 is 0. The molecule has 4 heteroatoms. The minimum Gasteiger partial charge on any atom is -0.290 e. The van der Waals surface area contributed by atoms with Crippen molar-refractivity contribution in [1.82, 2.24) is 10.2 Å². The van der Waals surface area contributed by atoms with E-state index < -0.39 is 11.1 Å². The van der Waals surface area contributed by atoms with Crippen molar-refractivity contribution < 1.29 is 9.59 Å². The highest BCUT2D eigenvalue weighted by Crippen LogP contribution is 2.25. The van der Waals surface area contributed by atoms with Crippen LogP contribution >= 0.6 is 0 Å².